The number of para-hydroxylation sites is 1. The van der Waals surface area contributed by atoms with Gasteiger partial charge in [-0.05, 0) is 42.8 Å². The van der Waals surface area contributed by atoms with Crippen molar-refractivity contribution in [2.24, 2.45) is 0 Å². The van der Waals surface area contributed by atoms with E-state index < -0.39 is 0 Å². The Labute approximate surface area is 111 Å². The fourth-order valence-corrected chi connectivity index (χ4v) is 1.82. The van der Waals surface area contributed by atoms with E-state index >= 15 is 0 Å². The number of rotatable bonds is 3. The van der Waals surface area contributed by atoms with Crippen molar-refractivity contribution in [1.29, 1.82) is 0 Å². The highest BCUT2D eigenvalue weighted by atomic mass is 19.1. The normalized spacial score (nSPS) is 10.1. The van der Waals surface area contributed by atoms with Crippen molar-refractivity contribution in [1.82, 2.24) is 0 Å². The number of halogens is 1. The summed E-state index contributed by atoms with van der Waals surface area (Å²) in [5, 5.41) is 5.72. The lowest BCUT2D eigenvalue weighted by Crippen LogP contribution is -2.14. The Balaban J connectivity index is 2.23. The number of carbonyl (C=O) groups excluding carboxylic acids is 1. The molecule has 0 aromatic heterocycles. The van der Waals surface area contributed by atoms with Gasteiger partial charge < -0.3 is 10.6 Å². The molecule has 0 radical (unpaired) electrons. The van der Waals surface area contributed by atoms with Crippen LogP contribution in [0.4, 0.5) is 15.8 Å². The van der Waals surface area contributed by atoms with E-state index in [1.165, 1.54) is 6.07 Å². The predicted molar refractivity (Wildman–Crippen MR) is 75.1 cm³/mol. The number of anilines is 2. The highest BCUT2D eigenvalue weighted by Gasteiger charge is 2.10. The molecule has 3 nitrogen and oxygen atoms in total. The fourth-order valence-electron chi connectivity index (χ4n) is 1.82. The molecule has 0 heterocycles. The SMILES string of the molecule is CNc1ccccc1C(=O)Nc1ccc(F)c(C)c1. The van der Waals surface area contributed by atoms with Crippen molar-refractivity contribution in [3.63, 3.8) is 0 Å². The number of carbonyl (C=O) groups is 1. The second kappa shape index (κ2) is 5.52. The van der Waals surface area contributed by atoms with Crippen molar-refractivity contribution >= 4 is 17.3 Å². The quantitative estimate of drug-likeness (QED) is 0.885. The van der Waals surface area contributed by atoms with Crippen molar-refractivity contribution in [2.75, 3.05) is 17.7 Å². The summed E-state index contributed by atoms with van der Waals surface area (Å²) in [6.45, 7) is 1.66. The molecule has 0 bridgehead atoms. The van der Waals surface area contributed by atoms with Crippen LogP contribution in [0.1, 0.15) is 15.9 Å². The molecule has 0 aliphatic heterocycles. The van der Waals surface area contributed by atoms with E-state index in [1.807, 2.05) is 12.1 Å². The minimum absolute atomic E-state index is 0.226. The van der Waals surface area contributed by atoms with Gasteiger partial charge in [-0.15, -0.1) is 0 Å². The Morgan fingerprint density at radius 2 is 1.89 bits per heavy atom. The predicted octanol–water partition coefficient (Wildman–Crippen LogP) is 3.43. The van der Waals surface area contributed by atoms with Gasteiger partial charge in [0.05, 0.1) is 5.56 Å². The first-order chi connectivity index (χ1) is 9.11. The van der Waals surface area contributed by atoms with Crippen molar-refractivity contribution in [2.45, 2.75) is 6.92 Å². The largest absolute Gasteiger partial charge is 0.387 e. The van der Waals surface area contributed by atoms with Crippen molar-refractivity contribution in [3.8, 4) is 0 Å². The van der Waals surface area contributed by atoms with E-state index in [2.05, 4.69) is 10.6 Å². The van der Waals surface area contributed by atoms with Gasteiger partial charge in [-0.3, -0.25) is 4.79 Å². The van der Waals surface area contributed by atoms with Crippen LogP contribution in [-0.2, 0) is 0 Å². The third-order valence-corrected chi connectivity index (χ3v) is 2.86. The van der Waals surface area contributed by atoms with E-state index in [-0.39, 0.29) is 11.7 Å². The number of hydrogen-bond donors (Lipinski definition) is 2. The van der Waals surface area contributed by atoms with Crippen LogP contribution in [0, 0.1) is 12.7 Å². The minimum Gasteiger partial charge on any atom is -0.387 e. The van der Waals surface area contributed by atoms with E-state index in [0.717, 1.165) is 5.69 Å². The van der Waals surface area contributed by atoms with Gasteiger partial charge in [0, 0.05) is 18.4 Å². The second-order valence-electron chi connectivity index (χ2n) is 4.21. The standard InChI is InChI=1S/C15H15FN2O/c1-10-9-11(7-8-13(10)16)18-15(19)12-5-3-4-6-14(12)17-2/h3-9,17H,1-2H3,(H,18,19). The molecule has 19 heavy (non-hydrogen) atoms. The molecule has 2 aromatic rings. The van der Waals surface area contributed by atoms with Crippen LogP contribution in [0.2, 0.25) is 0 Å². The van der Waals surface area contributed by atoms with E-state index in [4.69, 9.17) is 0 Å². The molecule has 0 saturated heterocycles. The van der Waals surface area contributed by atoms with E-state index in [0.29, 0.717) is 16.8 Å². The molecule has 2 rings (SSSR count). The van der Waals surface area contributed by atoms with Crippen LogP contribution in [0.5, 0.6) is 0 Å². The Kier molecular flexibility index (Phi) is 3.80. The molecular formula is C15H15FN2O. The number of hydrogen-bond acceptors (Lipinski definition) is 2. The van der Waals surface area contributed by atoms with Crippen LogP contribution in [-0.4, -0.2) is 13.0 Å². The number of benzene rings is 2. The zero-order chi connectivity index (χ0) is 13.8. The zero-order valence-electron chi connectivity index (χ0n) is 10.8. The molecule has 0 spiro atoms. The van der Waals surface area contributed by atoms with Gasteiger partial charge in [-0.25, -0.2) is 4.39 Å². The molecule has 0 aliphatic carbocycles. The maximum Gasteiger partial charge on any atom is 0.257 e. The summed E-state index contributed by atoms with van der Waals surface area (Å²) in [6, 6.07) is 11.7. The lowest BCUT2D eigenvalue weighted by atomic mass is 10.1. The van der Waals surface area contributed by atoms with Crippen molar-refractivity contribution in [3.05, 3.63) is 59.4 Å². The van der Waals surface area contributed by atoms with Gasteiger partial charge in [0.2, 0.25) is 0 Å². The lowest BCUT2D eigenvalue weighted by Gasteiger charge is -2.10. The van der Waals surface area contributed by atoms with Crippen LogP contribution < -0.4 is 10.6 Å². The molecule has 4 heteroatoms. The van der Waals surface area contributed by atoms with Gasteiger partial charge in [-0.1, -0.05) is 12.1 Å². The first-order valence-electron chi connectivity index (χ1n) is 5.96. The molecule has 0 saturated carbocycles. The van der Waals surface area contributed by atoms with Gasteiger partial charge in [0.25, 0.3) is 5.91 Å². The Morgan fingerprint density at radius 1 is 1.16 bits per heavy atom. The second-order valence-corrected chi connectivity index (χ2v) is 4.21. The summed E-state index contributed by atoms with van der Waals surface area (Å²) in [7, 11) is 1.76. The van der Waals surface area contributed by atoms with Gasteiger partial charge in [0.15, 0.2) is 0 Å². The van der Waals surface area contributed by atoms with Crippen molar-refractivity contribution < 1.29 is 9.18 Å². The molecule has 2 aromatic carbocycles. The molecule has 1 amide bonds. The molecule has 0 aliphatic rings. The van der Waals surface area contributed by atoms with Crippen LogP contribution in [0.15, 0.2) is 42.5 Å². The maximum atomic E-state index is 13.2. The average Bonchev–Trinajstić information content (AvgIpc) is 2.43. The Hall–Kier alpha value is -2.36. The third kappa shape index (κ3) is 2.91. The van der Waals surface area contributed by atoms with Crippen LogP contribution in [0.3, 0.4) is 0 Å². The lowest BCUT2D eigenvalue weighted by molar-refractivity contribution is 0.102. The minimum atomic E-state index is -0.284. The smallest absolute Gasteiger partial charge is 0.257 e. The summed E-state index contributed by atoms with van der Waals surface area (Å²) >= 11 is 0. The van der Waals surface area contributed by atoms with E-state index in [9.17, 15) is 9.18 Å². The van der Waals surface area contributed by atoms with Gasteiger partial charge in [-0.2, -0.15) is 0 Å². The number of aryl methyl sites for hydroxylation is 1. The molecule has 0 unspecified atom stereocenters. The molecule has 0 fully saturated rings. The monoisotopic (exact) mass is 258 g/mol. The third-order valence-electron chi connectivity index (χ3n) is 2.86. The topological polar surface area (TPSA) is 41.1 Å². The average molecular weight is 258 g/mol. The van der Waals surface area contributed by atoms with Crippen LogP contribution >= 0.6 is 0 Å². The molecular weight excluding hydrogens is 243 g/mol. The van der Waals surface area contributed by atoms with Crippen LogP contribution in [0.25, 0.3) is 0 Å². The first kappa shape index (κ1) is 13.1. The summed E-state index contributed by atoms with van der Waals surface area (Å²) in [6.07, 6.45) is 0. The summed E-state index contributed by atoms with van der Waals surface area (Å²) < 4.78 is 13.2. The number of amides is 1. The first-order valence-corrected chi connectivity index (χ1v) is 5.96. The van der Waals surface area contributed by atoms with Gasteiger partial charge >= 0.3 is 0 Å². The Morgan fingerprint density at radius 3 is 2.58 bits per heavy atom. The summed E-state index contributed by atoms with van der Waals surface area (Å²) in [4.78, 5) is 12.1. The summed E-state index contributed by atoms with van der Waals surface area (Å²) in [5.74, 6) is -0.510. The van der Waals surface area contributed by atoms with Gasteiger partial charge in [0.1, 0.15) is 5.82 Å². The maximum absolute atomic E-state index is 13.2. The van der Waals surface area contributed by atoms with E-state index in [1.54, 1.807) is 38.2 Å². The summed E-state index contributed by atoms with van der Waals surface area (Å²) in [5.41, 5.74) is 2.38. The highest BCUT2D eigenvalue weighted by molar-refractivity contribution is 6.08. The zero-order valence-corrected chi connectivity index (χ0v) is 10.8. The number of nitrogens with one attached hydrogen (secondary N) is 2. The molecule has 98 valence electrons. The molecule has 2 N–H and O–H groups in total. The fraction of sp³-hybridized carbons (Fsp3) is 0.133. The highest BCUT2D eigenvalue weighted by Crippen LogP contribution is 2.18. The Bertz CT molecular complexity index is 611. The molecule has 0 atom stereocenters.